The fourth-order valence-electron chi connectivity index (χ4n) is 2.08. The molecular formula is C14H21N3O3. The zero-order valence-corrected chi connectivity index (χ0v) is 11.9. The molecule has 0 saturated carbocycles. The number of rotatable bonds is 7. The number of amides is 1. The second-order valence-electron chi connectivity index (χ2n) is 4.91. The second-order valence-corrected chi connectivity index (χ2v) is 4.91. The normalized spacial score (nSPS) is 11.9. The van der Waals surface area contributed by atoms with E-state index in [4.69, 9.17) is 5.73 Å². The molecule has 1 atom stereocenters. The number of nitro groups is 1. The van der Waals surface area contributed by atoms with Crippen LogP contribution in [0.5, 0.6) is 0 Å². The molecule has 6 heteroatoms. The minimum absolute atomic E-state index is 0.0170. The van der Waals surface area contributed by atoms with Gasteiger partial charge in [0.2, 0.25) is 5.91 Å². The molecule has 0 aliphatic heterocycles. The molecular weight excluding hydrogens is 258 g/mol. The summed E-state index contributed by atoms with van der Waals surface area (Å²) in [4.78, 5) is 24.2. The highest BCUT2D eigenvalue weighted by Gasteiger charge is 2.20. The molecule has 1 amide bonds. The van der Waals surface area contributed by atoms with Crippen molar-refractivity contribution < 1.29 is 9.72 Å². The van der Waals surface area contributed by atoms with Crippen LogP contribution < -0.4 is 5.73 Å². The number of hydrogen-bond donors (Lipinski definition) is 1. The molecule has 0 fully saturated rings. The molecule has 0 heterocycles. The van der Waals surface area contributed by atoms with Gasteiger partial charge in [0.15, 0.2) is 0 Å². The molecule has 110 valence electrons. The Balaban J connectivity index is 2.73. The SMILES string of the molecule is CC(CCCN)C(=O)N(C)Cc1ccccc1[N+](=O)[O-]. The monoisotopic (exact) mass is 279 g/mol. The van der Waals surface area contributed by atoms with Crippen molar-refractivity contribution >= 4 is 11.6 Å². The molecule has 6 nitrogen and oxygen atoms in total. The molecule has 0 spiro atoms. The van der Waals surface area contributed by atoms with E-state index >= 15 is 0 Å². The number of carbonyl (C=O) groups excluding carboxylic acids is 1. The Hall–Kier alpha value is -1.95. The largest absolute Gasteiger partial charge is 0.341 e. The molecule has 0 radical (unpaired) electrons. The summed E-state index contributed by atoms with van der Waals surface area (Å²) < 4.78 is 0. The van der Waals surface area contributed by atoms with Crippen molar-refractivity contribution in [2.75, 3.05) is 13.6 Å². The highest BCUT2D eigenvalue weighted by atomic mass is 16.6. The maximum atomic E-state index is 12.1. The Morgan fingerprint density at radius 3 is 2.70 bits per heavy atom. The van der Waals surface area contributed by atoms with Gasteiger partial charge in [-0.2, -0.15) is 0 Å². The van der Waals surface area contributed by atoms with E-state index in [1.807, 2.05) is 6.92 Å². The minimum atomic E-state index is -0.425. The van der Waals surface area contributed by atoms with Crippen molar-refractivity contribution in [3.63, 3.8) is 0 Å². The van der Waals surface area contributed by atoms with Crippen molar-refractivity contribution in [3.8, 4) is 0 Å². The van der Waals surface area contributed by atoms with Crippen molar-refractivity contribution in [2.24, 2.45) is 11.7 Å². The van der Waals surface area contributed by atoms with E-state index in [9.17, 15) is 14.9 Å². The summed E-state index contributed by atoms with van der Waals surface area (Å²) in [6.45, 7) is 2.66. The third-order valence-corrected chi connectivity index (χ3v) is 3.23. The molecule has 0 aliphatic rings. The van der Waals surface area contributed by atoms with E-state index in [2.05, 4.69) is 0 Å². The highest BCUT2D eigenvalue weighted by Crippen LogP contribution is 2.20. The van der Waals surface area contributed by atoms with Gasteiger partial charge in [-0.05, 0) is 19.4 Å². The molecule has 1 unspecified atom stereocenters. The van der Waals surface area contributed by atoms with E-state index < -0.39 is 4.92 Å². The van der Waals surface area contributed by atoms with Crippen molar-refractivity contribution in [1.29, 1.82) is 0 Å². The number of hydrogen-bond acceptors (Lipinski definition) is 4. The van der Waals surface area contributed by atoms with Crippen LogP contribution in [0.4, 0.5) is 5.69 Å². The number of benzene rings is 1. The van der Waals surface area contributed by atoms with Crippen LogP contribution in [0.2, 0.25) is 0 Å². The zero-order valence-electron chi connectivity index (χ0n) is 11.9. The first-order chi connectivity index (χ1) is 9.47. The van der Waals surface area contributed by atoms with Crippen LogP contribution in [-0.4, -0.2) is 29.3 Å². The first-order valence-corrected chi connectivity index (χ1v) is 6.64. The molecule has 1 aromatic rings. The number of nitro benzene ring substituents is 1. The van der Waals surface area contributed by atoms with Crippen molar-refractivity contribution in [3.05, 3.63) is 39.9 Å². The van der Waals surface area contributed by atoms with E-state index in [0.29, 0.717) is 12.1 Å². The Labute approximate surface area is 118 Å². The average Bonchev–Trinajstić information content (AvgIpc) is 2.44. The number of carbonyl (C=O) groups is 1. The molecule has 1 rings (SSSR count). The van der Waals surface area contributed by atoms with E-state index in [0.717, 1.165) is 12.8 Å². The first kappa shape index (κ1) is 16.1. The van der Waals surface area contributed by atoms with Gasteiger partial charge in [-0.25, -0.2) is 0 Å². The second kappa shape index (κ2) is 7.59. The Bertz CT molecular complexity index is 476. The summed E-state index contributed by atoms with van der Waals surface area (Å²) in [5.74, 6) is -0.136. The fourth-order valence-corrected chi connectivity index (χ4v) is 2.08. The van der Waals surface area contributed by atoms with Gasteiger partial charge in [0.05, 0.1) is 11.5 Å². The minimum Gasteiger partial charge on any atom is -0.341 e. The lowest BCUT2D eigenvalue weighted by molar-refractivity contribution is -0.385. The van der Waals surface area contributed by atoms with E-state index in [-0.39, 0.29) is 24.1 Å². The molecule has 0 bridgehead atoms. The van der Waals surface area contributed by atoms with Crippen LogP contribution in [-0.2, 0) is 11.3 Å². The quantitative estimate of drug-likeness (QED) is 0.610. The van der Waals surface area contributed by atoms with E-state index in [1.165, 1.54) is 11.0 Å². The lowest BCUT2D eigenvalue weighted by atomic mass is 10.0. The fraction of sp³-hybridized carbons (Fsp3) is 0.500. The van der Waals surface area contributed by atoms with Gasteiger partial charge < -0.3 is 10.6 Å². The summed E-state index contributed by atoms with van der Waals surface area (Å²) in [5, 5.41) is 10.9. The zero-order chi connectivity index (χ0) is 15.1. The number of nitrogens with zero attached hydrogens (tertiary/aromatic N) is 2. The number of para-hydroxylation sites is 1. The summed E-state index contributed by atoms with van der Waals surface area (Å²) >= 11 is 0. The van der Waals surface area contributed by atoms with Crippen molar-refractivity contribution in [1.82, 2.24) is 4.90 Å². The smallest absolute Gasteiger partial charge is 0.274 e. The molecule has 20 heavy (non-hydrogen) atoms. The summed E-state index contributed by atoms with van der Waals surface area (Å²) in [6.07, 6.45) is 1.53. The summed E-state index contributed by atoms with van der Waals surface area (Å²) in [5.41, 5.74) is 6.01. The van der Waals surface area contributed by atoms with Gasteiger partial charge in [0.25, 0.3) is 5.69 Å². The topological polar surface area (TPSA) is 89.5 Å². The van der Waals surface area contributed by atoms with E-state index in [1.54, 1.807) is 25.2 Å². The highest BCUT2D eigenvalue weighted by molar-refractivity contribution is 5.78. The average molecular weight is 279 g/mol. The standard InChI is InChI=1S/C14H21N3O3/c1-11(6-5-9-15)14(18)16(2)10-12-7-3-4-8-13(12)17(19)20/h3-4,7-8,11H,5-6,9-10,15H2,1-2H3. The van der Waals surface area contributed by atoms with Crippen LogP contribution in [0.15, 0.2) is 24.3 Å². The molecule has 0 saturated heterocycles. The Kier molecular flexibility index (Phi) is 6.11. The maximum absolute atomic E-state index is 12.1. The molecule has 0 aromatic heterocycles. The van der Waals surface area contributed by atoms with Gasteiger partial charge in [-0.1, -0.05) is 25.1 Å². The van der Waals surface area contributed by atoms with Crippen LogP contribution in [0.3, 0.4) is 0 Å². The molecule has 0 aliphatic carbocycles. The van der Waals surface area contributed by atoms with Crippen LogP contribution >= 0.6 is 0 Å². The third-order valence-electron chi connectivity index (χ3n) is 3.23. The Morgan fingerprint density at radius 1 is 1.45 bits per heavy atom. The molecule has 1 aromatic carbocycles. The lowest BCUT2D eigenvalue weighted by Gasteiger charge is -2.21. The number of nitrogens with two attached hydrogens (primary N) is 1. The van der Waals surface area contributed by atoms with Gasteiger partial charge in [-0.3, -0.25) is 14.9 Å². The summed E-state index contributed by atoms with van der Waals surface area (Å²) in [6, 6.07) is 6.48. The van der Waals surface area contributed by atoms with Gasteiger partial charge >= 0.3 is 0 Å². The van der Waals surface area contributed by atoms with Gasteiger partial charge in [-0.15, -0.1) is 0 Å². The van der Waals surface area contributed by atoms with Crippen molar-refractivity contribution in [2.45, 2.75) is 26.3 Å². The predicted molar refractivity (Wildman–Crippen MR) is 77.0 cm³/mol. The van der Waals surface area contributed by atoms with Gasteiger partial charge in [0, 0.05) is 24.6 Å². The predicted octanol–water partition coefficient (Wildman–Crippen LogP) is 1.93. The summed E-state index contributed by atoms with van der Waals surface area (Å²) in [7, 11) is 1.66. The first-order valence-electron chi connectivity index (χ1n) is 6.64. The van der Waals surface area contributed by atoms with Gasteiger partial charge in [0.1, 0.15) is 0 Å². The maximum Gasteiger partial charge on any atom is 0.274 e. The lowest BCUT2D eigenvalue weighted by Crippen LogP contribution is -2.31. The molecule has 2 N–H and O–H groups in total. The van der Waals surface area contributed by atoms with Crippen LogP contribution in [0.25, 0.3) is 0 Å². The third kappa shape index (κ3) is 4.31. The Morgan fingerprint density at radius 2 is 2.10 bits per heavy atom. The van der Waals surface area contributed by atoms with Crippen LogP contribution in [0, 0.1) is 16.0 Å². The van der Waals surface area contributed by atoms with Crippen LogP contribution in [0.1, 0.15) is 25.3 Å².